The fraction of sp³-hybridized carbons (Fsp3) is 0.421. The second-order valence-corrected chi connectivity index (χ2v) is 7.00. The Kier molecular flexibility index (Phi) is 6.11. The topological polar surface area (TPSA) is 72.1 Å². The van der Waals surface area contributed by atoms with E-state index >= 15 is 0 Å². The Morgan fingerprint density at radius 3 is 2.55 bits per heavy atom. The highest BCUT2D eigenvalue weighted by atomic mass is 19.4. The van der Waals surface area contributed by atoms with E-state index in [4.69, 9.17) is 5.73 Å². The second kappa shape index (κ2) is 8.40. The van der Waals surface area contributed by atoms with Gasteiger partial charge >= 0.3 is 6.18 Å². The molecule has 2 aromatic rings. The van der Waals surface area contributed by atoms with Gasteiger partial charge in [0.1, 0.15) is 17.3 Å². The molecule has 0 bridgehead atoms. The lowest BCUT2D eigenvalue weighted by molar-refractivity contribution is -0.141. The molecule has 1 fully saturated rings. The maximum absolute atomic E-state index is 13.8. The number of alkyl halides is 3. The number of likely N-dealkylation sites (tertiary alicyclic amines) is 1. The molecular weight excluding hydrogens is 395 g/mol. The molecule has 10 heteroatoms. The number of piperidine rings is 1. The number of nitrogens with zero attached hydrogens (tertiary/aromatic N) is 3. The minimum atomic E-state index is -4.66. The predicted molar refractivity (Wildman–Crippen MR) is 93.7 cm³/mol. The van der Waals surface area contributed by atoms with Crippen LogP contribution in [0.15, 0.2) is 30.5 Å². The zero-order chi connectivity index (χ0) is 21.2. The zero-order valence-electron chi connectivity index (χ0n) is 15.3. The van der Waals surface area contributed by atoms with Crippen LogP contribution in [0.2, 0.25) is 0 Å². The molecule has 29 heavy (non-hydrogen) atoms. The van der Waals surface area contributed by atoms with Gasteiger partial charge in [0, 0.05) is 25.3 Å². The molecule has 156 valence electrons. The Hall–Kier alpha value is -2.62. The first kappa shape index (κ1) is 21.1. The Labute approximate surface area is 163 Å². The van der Waals surface area contributed by atoms with Crippen LogP contribution in [-0.2, 0) is 12.6 Å². The standard InChI is InChI=1S/C19H19F5N4O/c20-13-1-2-14(21)12(9-13)10-15(25)11-4-7-28(8-5-11)18(29)17-26-6-3-16(27-17)19(22,23)24/h1-3,6,9,11,15H,4-5,7-8,10,25H2/t15-/m0/s1. The smallest absolute Gasteiger partial charge is 0.336 e. The van der Waals surface area contributed by atoms with Crippen molar-refractivity contribution in [2.24, 2.45) is 11.7 Å². The Bertz CT molecular complexity index is 881. The maximum Gasteiger partial charge on any atom is 0.433 e. The van der Waals surface area contributed by atoms with Gasteiger partial charge in [0.2, 0.25) is 5.82 Å². The summed E-state index contributed by atoms with van der Waals surface area (Å²) in [6.45, 7) is 0.533. The molecule has 5 nitrogen and oxygen atoms in total. The normalized spacial score (nSPS) is 16.7. The van der Waals surface area contributed by atoms with Crippen molar-refractivity contribution in [3.8, 4) is 0 Å². The lowest BCUT2D eigenvalue weighted by Gasteiger charge is -2.34. The highest BCUT2D eigenvalue weighted by Crippen LogP contribution is 2.28. The molecule has 0 aliphatic carbocycles. The molecule has 1 aromatic heterocycles. The Morgan fingerprint density at radius 1 is 1.21 bits per heavy atom. The molecule has 2 N–H and O–H groups in total. The largest absolute Gasteiger partial charge is 0.433 e. The average molecular weight is 414 g/mol. The summed E-state index contributed by atoms with van der Waals surface area (Å²) < 4.78 is 65.4. The lowest BCUT2D eigenvalue weighted by atomic mass is 9.86. The van der Waals surface area contributed by atoms with E-state index < -0.39 is 41.3 Å². The first-order valence-electron chi connectivity index (χ1n) is 9.04. The summed E-state index contributed by atoms with van der Waals surface area (Å²) in [4.78, 5) is 20.8. The van der Waals surface area contributed by atoms with Gasteiger partial charge in [-0.3, -0.25) is 4.79 Å². The van der Waals surface area contributed by atoms with Crippen LogP contribution in [-0.4, -0.2) is 39.9 Å². The highest BCUT2D eigenvalue weighted by Gasteiger charge is 2.34. The van der Waals surface area contributed by atoms with Crippen LogP contribution in [0.25, 0.3) is 0 Å². The Morgan fingerprint density at radius 2 is 1.90 bits per heavy atom. The van der Waals surface area contributed by atoms with Crippen molar-refractivity contribution < 1.29 is 26.7 Å². The van der Waals surface area contributed by atoms with Crippen LogP contribution in [0, 0.1) is 17.6 Å². The lowest BCUT2D eigenvalue weighted by Crippen LogP contribution is -2.44. The van der Waals surface area contributed by atoms with Crippen molar-refractivity contribution in [2.75, 3.05) is 13.1 Å². The summed E-state index contributed by atoms with van der Waals surface area (Å²) in [5.41, 5.74) is 5.17. The average Bonchev–Trinajstić information content (AvgIpc) is 2.69. The number of halogens is 5. The molecule has 1 aliphatic heterocycles. The number of carbonyl (C=O) groups excluding carboxylic acids is 1. The number of aromatic nitrogens is 2. The van der Waals surface area contributed by atoms with E-state index in [9.17, 15) is 26.7 Å². The van der Waals surface area contributed by atoms with Crippen LogP contribution in [0.1, 0.15) is 34.7 Å². The monoisotopic (exact) mass is 414 g/mol. The van der Waals surface area contributed by atoms with Crippen LogP contribution < -0.4 is 5.73 Å². The van der Waals surface area contributed by atoms with Gasteiger partial charge in [-0.1, -0.05) is 0 Å². The van der Waals surface area contributed by atoms with E-state index in [0.29, 0.717) is 18.9 Å². The molecule has 1 saturated heterocycles. The van der Waals surface area contributed by atoms with Gasteiger partial charge in [-0.25, -0.2) is 18.7 Å². The molecule has 1 atom stereocenters. The van der Waals surface area contributed by atoms with E-state index in [2.05, 4.69) is 9.97 Å². The van der Waals surface area contributed by atoms with E-state index in [0.717, 1.165) is 24.4 Å². The summed E-state index contributed by atoms with van der Waals surface area (Å²) in [6, 6.07) is 3.46. The molecule has 3 rings (SSSR count). The van der Waals surface area contributed by atoms with Crippen molar-refractivity contribution in [3.63, 3.8) is 0 Å². The molecule has 0 radical (unpaired) electrons. The fourth-order valence-electron chi connectivity index (χ4n) is 3.41. The zero-order valence-corrected chi connectivity index (χ0v) is 15.3. The molecule has 2 heterocycles. The van der Waals surface area contributed by atoms with Crippen molar-refractivity contribution in [1.29, 1.82) is 0 Å². The SMILES string of the molecule is N[C@@H](Cc1cc(F)ccc1F)C1CCN(C(=O)c2nccc(C(F)(F)F)n2)CC1. The molecule has 0 spiro atoms. The fourth-order valence-corrected chi connectivity index (χ4v) is 3.41. The number of carbonyl (C=O) groups is 1. The number of hydrogen-bond donors (Lipinski definition) is 1. The van der Waals surface area contributed by atoms with Gasteiger partial charge in [-0.05, 0) is 55.0 Å². The Balaban J connectivity index is 1.60. The van der Waals surface area contributed by atoms with Crippen LogP contribution in [0.4, 0.5) is 22.0 Å². The van der Waals surface area contributed by atoms with Gasteiger partial charge in [0.25, 0.3) is 5.91 Å². The number of nitrogens with two attached hydrogens (primary N) is 1. The van der Waals surface area contributed by atoms with E-state index in [1.807, 2.05) is 0 Å². The van der Waals surface area contributed by atoms with E-state index in [1.54, 1.807) is 0 Å². The van der Waals surface area contributed by atoms with Crippen molar-refractivity contribution in [2.45, 2.75) is 31.5 Å². The predicted octanol–water partition coefficient (Wildman–Crippen LogP) is 3.20. The van der Waals surface area contributed by atoms with Gasteiger partial charge in [0.05, 0.1) is 0 Å². The van der Waals surface area contributed by atoms with Crippen LogP contribution in [0.3, 0.4) is 0 Å². The van der Waals surface area contributed by atoms with E-state index in [-0.39, 0.29) is 31.0 Å². The summed E-state index contributed by atoms with van der Waals surface area (Å²) in [5.74, 6) is -2.31. The summed E-state index contributed by atoms with van der Waals surface area (Å²) in [6.07, 6.45) is -2.63. The summed E-state index contributed by atoms with van der Waals surface area (Å²) in [5, 5.41) is 0. The molecule has 0 unspecified atom stereocenters. The number of rotatable bonds is 4. The van der Waals surface area contributed by atoms with Crippen molar-refractivity contribution in [3.05, 3.63) is 59.2 Å². The van der Waals surface area contributed by atoms with Crippen molar-refractivity contribution >= 4 is 5.91 Å². The quantitative estimate of drug-likeness (QED) is 0.780. The highest BCUT2D eigenvalue weighted by molar-refractivity contribution is 5.90. The van der Waals surface area contributed by atoms with E-state index in [1.165, 1.54) is 4.90 Å². The van der Waals surface area contributed by atoms with Crippen LogP contribution in [0.5, 0.6) is 0 Å². The van der Waals surface area contributed by atoms with Gasteiger partial charge in [0.15, 0.2) is 0 Å². The van der Waals surface area contributed by atoms with Gasteiger partial charge in [-0.15, -0.1) is 0 Å². The number of benzene rings is 1. The third kappa shape index (κ3) is 5.06. The molecule has 0 saturated carbocycles. The summed E-state index contributed by atoms with van der Waals surface area (Å²) >= 11 is 0. The first-order chi connectivity index (χ1) is 13.6. The molecule has 1 aromatic carbocycles. The molecule has 1 aliphatic rings. The summed E-state index contributed by atoms with van der Waals surface area (Å²) in [7, 11) is 0. The number of hydrogen-bond acceptors (Lipinski definition) is 4. The van der Waals surface area contributed by atoms with Gasteiger partial charge < -0.3 is 10.6 Å². The number of amides is 1. The van der Waals surface area contributed by atoms with Crippen LogP contribution >= 0.6 is 0 Å². The molecule has 1 amide bonds. The third-order valence-electron chi connectivity index (χ3n) is 5.03. The first-order valence-corrected chi connectivity index (χ1v) is 9.04. The minimum Gasteiger partial charge on any atom is -0.336 e. The molecular formula is C19H19F5N4O. The van der Waals surface area contributed by atoms with Crippen molar-refractivity contribution in [1.82, 2.24) is 14.9 Å². The second-order valence-electron chi connectivity index (χ2n) is 7.00. The third-order valence-corrected chi connectivity index (χ3v) is 5.03. The minimum absolute atomic E-state index is 0.0378. The maximum atomic E-state index is 13.8. The van der Waals surface area contributed by atoms with Gasteiger partial charge in [-0.2, -0.15) is 13.2 Å².